The van der Waals surface area contributed by atoms with Crippen molar-refractivity contribution in [3.63, 3.8) is 0 Å². The summed E-state index contributed by atoms with van der Waals surface area (Å²) in [6.07, 6.45) is 4.55. The van der Waals surface area contributed by atoms with Crippen LogP contribution in [0.2, 0.25) is 5.02 Å². The minimum Gasteiger partial charge on any atom is -0.342 e. The zero-order valence-corrected chi connectivity index (χ0v) is 16.2. The van der Waals surface area contributed by atoms with Crippen molar-refractivity contribution in [2.75, 3.05) is 26.2 Å². The average Bonchev–Trinajstić information content (AvgIpc) is 2.64. The van der Waals surface area contributed by atoms with Crippen LogP contribution in [0.25, 0.3) is 0 Å². The SMILES string of the molecule is Cc1cc(S(=O)(=O)N2CCC(C(=O)N3CCCCC3)CC2)ccc1Cl. The highest BCUT2D eigenvalue weighted by Gasteiger charge is 2.34. The summed E-state index contributed by atoms with van der Waals surface area (Å²) in [5, 5.41) is 0.560. The van der Waals surface area contributed by atoms with Gasteiger partial charge in [0.25, 0.3) is 0 Å². The van der Waals surface area contributed by atoms with Crippen molar-refractivity contribution < 1.29 is 13.2 Å². The van der Waals surface area contributed by atoms with Gasteiger partial charge in [-0.15, -0.1) is 0 Å². The molecule has 2 heterocycles. The number of benzene rings is 1. The highest BCUT2D eigenvalue weighted by Crippen LogP contribution is 2.27. The maximum Gasteiger partial charge on any atom is 0.243 e. The second-order valence-electron chi connectivity index (χ2n) is 6.98. The standard InChI is InChI=1S/C18H25ClN2O3S/c1-14-13-16(5-6-17(14)19)25(23,24)21-11-7-15(8-12-21)18(22)20-9-3-2-4-10-20/h5-6,13,15H,2-4,7-12H2,1H3. The number of halogens is 1. The quantitative estimate of drug-likeness (QED) is 0.804. The molecule has 0 bridgehead atoms. The van der Waals surface area contributed by atoms with Crippen LogP contribution in [0, 0.1) is 12.8 Å². The molecule has 138 valence electrons. The Labute approximate surface area is 155 Å². The van der Waals surface area contributed by atoms with E-state index in [9.17, 15) is 13.2 Å². The molecule has 0 N–H and O–H groups in total. The van der Waals surface area contributed by atoms with Gasteiger partial charge in [0.1, 0.15) is 0 Å². The summed E-state index contributed by atoms with van der Waals surface area (Å²) in [5.41, 5.74) is 0.748. The molecule has 2 fully saturated rings. The van der Waals surface area contributed by atoms with E-state index >= 15 is 0 Å². The lowest BCUT2D eigenvalue weighted by molar-refractivity contribution is -0.137. The van der Waals surface area contributed by atoms with E-state index in [4.69, 9.17) is 11.6 Å². The van der Waals surface area contributed by atoms with Crippen molar-refractivity contribution in [2.24, 2.45) is 5.92 Å². The summed E-state index contributed by atoms with van der Waals surface area (Å²) in [5.74, 6) is 0.163. The number of aryl methyl sites for hydroxylation is 1. The Morgan fingerprint density at radius 2 is 1.72 bits per heavy atom. The van der Waals surface area contributed by atoms with Gasteiger partial charge in [-0.05, 0) is 62.8 Å². The van der Waals surface area contributed by atoms with Gasteiger partial charge in [-0.3, -0.25) is 4.79 Å². The summed E-state index contributed by atoms with van der Waals surface area (Å²) in [6, 6.07) is 4.79. The fourth-order valence-electron chi connectivity index (χ4n) is 3.64. The number of rotatable bonds is 3. The van der Waals surface area contributed by atoms with Gasteiger partial charge in [0.2, 0.25) is 15.9 Å². The minimum atomic E-state index is -3.53. The molecule has 1 aromatic carbocycles. The monoisotopic (exact) mass is 384 g/mol. The molecule has 1 amide bonds. The molecule has 0 radical (unpaired) electrons. The number of nitrogens with zero attached hydrogens (tertiary/aromatic N) is 2. The molecule has 1 aromatic rings. The van der Waals surface area contributed by atoms with Crippen molar-refractivity contribution >= 4 is 27.5 Å². The van der Waals surface area contributed by atoms with E-state index in [1.165, 1.54) is 10.7 Å². The molecule has 25 heavy (non-hydrogen) atoms. The zero-order valence-electron chi connectivity index (χ0n) is 14.6. The summed E-state index contributed by atoms with van der Waals surface area (Å²) >= 11 is 5.99. The fraction of sp³-hybridized carbons (Fsp3) is 0.611. The Morgan fingerprint density at radius 1 is 1.08 bits per heavy atom. The van der Waals surface area contributed by atoms with E-state index in [2.05, 4.69) is 0 Å². The van der Waals surface area contributed by atoms with E-state index in [-0.39, 0.29) is 16.7 Å². The number of amides is 1. The summed E-state index contributed by atoms with van der Waals surface area (Å²) in [4.78, 5) is 14.8. The van der Waals surface area contributed by atoms with Gasteiger partial charge in [-0.25, -0.2) is 8.42 Å². The second-order valence-corrected chi connectivity index (χ2v) is 9.32. The smallest absolute Gasteiger partial charge is 0.243 e. The van der Waals surface area contributed by atoms with E-state index in [1.807, 2.05) is 4.90 Å². The van der Waals surface area contributed by atoms with E-state index < -0.39 is 10.0 Å². The van der Waals surface area contributed by atoms with Crippen LogP contribution in [-0.2, 0) is 14.8 Å². The summed E-state index contributed by atoms with van der Waals surface area (Å²) in [6.45, 7) is 4.29. The van der Waals surface area contributed by atoms with Crippen molar-refractivity contribution in [3.05, 3.63) is 28.8 Å². The number of piperidine rings is 2. The Balaban J connectivity index is 1.64. The Bertz CT molecular complexity index is 737. The molecule has 5 nitrogen and oxygen atoms in total. The van der Waals surface area contributed by atoms with Crippen LogP contribution >= 0.6 is 11.6 Å². The van der Waals surface area contributed by atoms with Gasteiger partial charge in [-0.1, -0.05) is 11.6 Å². The first kappa shape index (κ1) is 18.7. The van der Waals surface area contributed by atoms with Crippen molar-refractivity contribution in [2.45, 2.75) is 43.9 Å². The van der Waals surface area contributed by atoms with Crippen LogP contribution < -0.4 is 0 Å². The molecule has 2 saturated heterocycles. The number of carbonyl (C=O) groups excluding carboxylic acids is 1. The molecular weight excluding hydrogens is 360 g/mol. The van der Waals surface area contributed by atoms with Crippen LogP contribution in [0.15, 0.2) is 23.1 Å². The van der Waals surface area contributed by atoms with Crippen molar-refractivity contribution in [1.29, 1.82) is 0 Å². The Kier molecular flexibility index (Phi) is 5.71. The van der Waals surface area contributed by atoms with Gasteiger partial charge in [0.15, 0.2) is 0 Å². The largest absolute Gasteiger partial charge is 0.342 e. The normalized spacial score (nSPS) is 20.6. The maximum absolute atomic E-state index is 12.8. The molecule has 0 atom stereocenters. The summed E-state index contributed by atoms with van der Waals surface area (Å²) < 4.78 is 27.1. The van der Waals surface area contributed by atoms with Gasteiger partial charge >= 0.3 is 0 Å². The molecule has 7 heteroatoms. The predicted molar refractivity (Wildman–Crippen MR) is 98.1 cm³/mol. The van der Waals surface area contributed by atoms with Crippen LogP contribution in [0.3, 0.4) is 0 Å². The van der Waals surface area contributed by atoms with Crippen LogP contribution in [0.5, 0.6) is 0 Å². The van der Waals surface area contributed by atoms with E-state index in [0.717, 1.165) is 31.5 Å². The number of likely N-dealkylation sites (tertiary alicyclic amines) is 1. The Morgan fingerprint density at radius 3 is 2.32 bits per heavy atom. The topological polar surface area (TPSA) is 57.7 Å². The van der Waals surface area contributed by atoms with Crippen LogP contribution in [0.4, 0.5) is 0 Å². The number of hydrogen-bond acceptors (Lipinski definition) is 3. The zero-order chi connectivity index (χ0) is 18.0. The minimum absolute atomic E-state index is 0.0449. The third kappa shape index (κ3) is 4.01. The van der Waals surface area contributed by atoms with Crippen molar-refractivity contribution in [3.8, 4) is 0 Å². The lowest BCUT2D eigenvalue weighted by Gasteiger charge is -2.35. The molecule has 0 spiro atoms. The van der Waals surface area contributed by atoms with Crippen molar-refractivity contribution in [1.82, 2.24) is 9.21 Å². The molecule has 0 aliphatic carbocycles. The number of sulfonamides is 1. The molecule has 0 unspecified atom stereocenters. The molecular formula is C18H25ClN2O3S. The van der Waals surface area contributed by atoms with Gasteiger partial charge < -0.3 is 4.90 Å². The highest BCUT2D eigenvalue weighted by atomic mass is 35.5. The second kappa shape index (κ2) is 7.64. The first-order chi connectivity index (χ1) is 11.9. The fourth-order valence-corrected chi connectivity index (χ4v) is 5.32. The average molecular weight is 385 g/mol. The van der Waals surface area contributed by atoms with Crippen LogP contribution in [0.1, 0.15) is 37.7 Å². The van der Waals surface area contributed by atoms with Gasteiger partial charge in [0.05, 0.1) is 4.90 Å². The van der Waals surface area contributed by atoms with E-state index in [0.29, 0.717) is 31.0 Å². The summed E-state index contributed by atoms with van der Waals surface area (Å²) in [7, 11) is -3.53. The molecule has 2 aliphatic rings. The molecule has 3 rings (SSSR count). The van der Waals surface area contributed by atoms with Gasteiger partial charge in [-0.2, -0.15) is 4.31 Å². The number of carbonyl (C=O) groups is 1. The van der Waals surface area contributed by atoms with Gasteiger partial charge in [0, 0.05) is 37.1 Å². The van der Waals surface area contributed by atoms with Crippen LogP contribution in [-0.4, -0.2) is 49.7 Å². The third-order valence-electron chi connectivity index (χ3n) is 5.24. The molecule has 0 saturated carbocycles. The predicted octanol–water partition coefficient (Wildman–Crippen LogP) is 3.06. The number of hydrogen-bond donors (Lipinski definition) is 0. The highest BCUT2D eigenvalue weighted by molar-refractivity contribution is 7.89. The molecule has 0 aromatic heterocycles. The first-order valence-corrected chi connectivity index (χ1v) is 10.8. The lowest BCUT2D eigenvalue weighted by Crippen LogP contribution is -2.45. The maximum atomic E-state index is 12.8. The lowest BCUT2D eigenvalue weighted by atomic mass is 9.95. The first-order valence-electron chi connectivity index (χ1n) is 8.94. The molecule has 2 aliphatic heterocycles. The Hall–Kier alpha value is -1.11. The van der Waals surface area contributed by atoms with E-state index in [1.54, 1.807) is 25.1 Å². The third-order valence-corrected chi connectivity index (χ3v) is 7.56.